The first-order chi connectivity index (χ1) is 5.34. The Labute approximate surface area is 64.7 Å². The van der Waals surface area contributed by atoms with Crippen LogP contribution in [0.2, 0.25) is 0 Å². The average molecular weight is 151 g/mol. The highest BCUT2D eigenvalue weighted by Gasteiger charge is 1.97. The van der Waals surface area contributed by atoms with E-state index in [-0.39, 0.29) is 0 Å². The van der Waals surface area contributed by atoms with E-state index < -0.39 is 0 Å². The highest BCUT2D eigenvalue weighted by atomic mass is 15.2. The van der Waals surface area contributed by atoms with Crippen LogP contribution in [0.3, 0.4) is 0 Å². The maximum absolute atomic E-state index is 8.16. The van der Waals surface area contributed by atoms with Crippen LogP contribution in [0.4, 0.5) is 0 Å². The highest BCUT2D eigenvalue weighted by Crippen LogP contribution is 1.90. The van der Waals surface area contributed by atoms with E-state index in [1.165, 1.54) is 0 Å². The third kappa shape index (κ3) is 1.93. The minimum atomic E-state index is 0.614. The summed E-state index contributed by atoms with van der Waals surface area (Å²) in [6, 6.07) is 0. The molecule has 0 aliphatic rings. The standard InChI is InChI=1S/C6H9N5/c1-11-5-9-10-6(11)2-3-8-4-7/h5,8H,2-3H2,1H3. The molecule has 1 heterocycles. The zero-order chi connectivity index (χ0) is 8.10. The van der Waals surface area contributed by atoms with E-state index >= 15 is 0 Å². The Morgan fingerprint density at radius 1 is 1.82 bits per heavy atom. The molecule has 0 radical (unpaired) electrons. The molecule has 5 nitrogen and oxygen atoms in total. The number of nitrogens with one attached hydrogen (secondary N) is 1. The molecule has 0 aromatic carbocycles. The van der Waals surface area contributed by atoms with Gasteiger partial charge in [-0.1, -0.05) is 0 Å². The third-order valence-electron chi connectivity index (χ3n) is 1.36. The lowest BCUT2D eigenvalue weighted by atomic mass is 10.4. The van der Waals surface area contributed by atoms with E-state index in [0.29, 0.717) is 6.54 Å². The zero-order valence-corrected chi connectivity index (χ0v) is 6.28. The van der Waals surface area contributed by atoms with Crippen LogP contribution in [0.15, 0.2) is 6.33 Å². The van der Waals surface area contributed by atoms with E-state index in [2.05, 4.69) is 15.5 Å². The Bertz CT molecular complexity index is 258. The Kier molecular flexibility index (Phi) is 2.44. The van der Waals surface area contributed by atoms with Crippen LogP contribution in [-0.4, -0.2) is 21.3 Å². The molecule has 0 aliphatic heterocycles. The van der Waals surface area contributed by atoms with Gasteiger partial charge in [0.2, 0.25) is 0 Å². The molecule has 0 atom stereocenters. The number of hydrogen-bond donors (Lipinski definition) is 1. The van der Waals surface area contributed by atoms with Gasteiger partial charge in [-0.3, -0.25) is 0 Å². The lowest BCUT2D eigenvalue weighted by molar-refractivity contribution is 0.739. The van der Waals surface area contributed by atoms with Crippen molar-refractivity contribution in [3.63, 3.8) is 0 Å². The first kappa shape index (κ1) is 7.54. The summed E-state index contributed by atoms with van der Waals surface area (Å²) in [6.07, 6.45) is 4.21. The molecule has 1 rings (SSSR count). The van der Waals surface area contributed by atoms with E-state index in [0.717, 1.165) is 12.2 Å². The van der Waals surface area contributed by atoms with E-state index in [4.69, 9.17) is 5.26 Å². The van der Waals surface area contributed by atoms with E-state index in [1.807, 2.05) is 17.8 Å². The minimum absolute atomic E-state index is 0.614. The topological polar surface area (TPSA) is 66.5 Å². The Morgan fingerprint density at radius 3 is 3.18 bits per heavy atom. The van der Waals surface area contributed by atoms with Crippen LogP contribution in [0.25, 0.3) is 0 Å². The van der Waals surface area contributed by atoms with Crippen LogP contribution < -0.4 is 5.32 Å². The summed E-state index contributed by atoms with van der Waals surface area (Å²) in [5, 5.41) is 18.3. The predicted octanol–water partition coefficient (Wildman–Crippen LogP) is -0.572. The smallest absolute Gasteiger partial charge is 0.176 e. The van der Waals surface area contributed by atoms with E-state index in [1.54, 1.807) is 6.33 Å². The second-order valence-corrected chi connectivity index (χ2v) is 2.15. The molecule has 0 saturated heterocycles. The molecule has 0 fully saturated rings. The summed E-state index contributed by atoms with van der Waals surface area (Å²) >= 11 is 0. The fraction of sp³-hybridized carbons (Fsp3) is 0.500. The molecule has 58 valence electrons. The van der Waals surface area contributed by atoms with Crippen LogP contribution in [0.1, 0.15) is 5.82 Å². The van der Waals surface area contributed by atoms with Gasteiger partial charge in [0.05, 0.1) is 0 Å². The Balaban J connectivity index is 2.40. The van der Waals surface area contributed by atoms with Crippen LogP contribution in [-0.2, 0) is 13.5 Å². The summed E-state index contributed by atoms with van der Waals surface area (Å²) in [6.45, 7) is 0.614. The van der Waals surface area contributed by atoms with Gasteiger partial charge in [0.15, 0.2) is 6.19 Å². The van der Waals surface area contributed by atoms with Crippen molar-refractivity contribution in [3.05, 3.63) is 12.2 Å². The molecular weight excluding hydrogens is 142 g/mol. The molecule has 0 unspecified atom stereocenters. The molecule has 0 aliphatic carbocycles. The van der Waals surface area contributed by atoms with Crippen molar-refractivity contribution >= 4 is 0 Å². The van der Waals surface area contributed by atoms with Gasteiger partial charge in [-0.05, 0) is 0 Å². The minimum Gasteiger partial charge on any atom is -0.323 e. The lowest BCUT2D eigenvalue weighted by Gasteiger charge is -1.96. The normalized spacial score (nSPS) is 9.09. The molecule has 1 N–H and O–H groups in total. The van der Waals surface area contributed by atoms with Crippen molar-refractivity contribution in [1.82, 2.24) is 20.1 Å². The second kappa shape index (κ2) is 3.56. The number of nitrogens with zero attached hydrogens (tertiary/aromatic N) is 4. The number of hydrogen-bond acceptors (Lipinski definition) is 4. The third-order valence-corrected chi connectivity index (χ3v) is 1.36. The maximum atomic E-state index is 8.16. The van der Waals surface area contributed by atoms with Crippen molar-refractivity contribution in [2.24, 2.45) is 7.05 Å². The number of rotatable bonds is 3. The average Bonchev–Trinajstić information content (AvgIpc) is 2.37. The summed E-state index contributed by atoms with van der Waals surface area (Å²) in [7, 11) is 1.88. The maximum Gasteiger partial charge on any atom is 0.176 e. The van der Waals surface area contributed by atoms with Gasteiger partial charge >= 0.3 is 0 Å². The Hall–Kier alpha value is -1.57. The summed E-state index contributed by atoms with van der Waals surface area (Å²) < 4.78 is 1.83. The lowest BCUT2D eigenvalue weighted by Crippen LogP contribution is -2.12. The first-order valence-corrected chi connectivity index (χ1v) is 3.29. The molecule has 5 heteroatoms. The van der Waals surface area contributed by atoms with Crippen molar-refractivity contribution in [3.8, 4) is 6.19 Å². The van der Waals surface area contributed by atoms with Crippen molar-refractivity contribution in [1.29, 1.82) is 5.26 Å². The van der Waals surface area contributed by atoms with Gasteiger partial charge in [0.1, 0.15) is 12.2 Å². The van der Waals surface area contributed by atoms with Crippen molar-refractivity contribution in [2.75, 3.05) is 6.54 Å². The summed E-state index contributed by atoms with van der Waals surface area (Å²) in [5.74, 6) is 0.882. The fourth-order valence-electron chi connectivity index (χ4n) is 0.764. The van der Waals surface area contributed by atoms with Crippen molar-refractivity contribution in [2.45, 2.75) is 6.42 Å². The fourth-order valence-corrected chi connectivity index (χ4v) is 0.764. The van der Waals surface area contributed by atoms with Gasteiger partial charge in [-0.25, -0.2) is 0 Å². The van der Waals surface area contributed by atoms with Gasteiger partial charge < -0.3 is 9.88 Å². The summed E-state index contributed by atoms with van der Waals surface area (Å²) in [4.78, 5) is 0. The van der Waals surface area contributed by atoms with Crippen LogP contribution in [0, 0.1) is 11.5 Å². The van der Waals surface area contributed by atoms with Gasteiger partial charge in [0, 0.05) is 20.0 Å². The van der Waals surface area contributed by atoms with Crippen LogP contribution in [0.5, 0.6) is 0 Å². The molecule has 0 bridgehead atoms. The highest BCUT2D eigenvalue weighted by molar-refractivity contribution is 4.85. The first-order valence-electron chi connectivity index (χ1n) is 3.29. The number of aryl methyl sites for hydroxylation is 1. The number of nitriles is 1. The summed E-state index contributed by atoms with van der Waals surface area (Å²) in [5.41, 5.74) is 0. The molecule has 0 saturated carbocycles. The monoisotopic (exact) mass is 151 g/mol. The molecule has 0 amide bonds. The van der Waals surface area contributed by atoms with Gasteiger partial charge in [-0.15, -0.1) is 10.2 Å². The van der Waals surface area contributed by atoms with E-state index in [9.17, 15) is 0 Å². The van der Waals surface area contributed by atoms with Gasteiger partial charge in [-0.2, -0.15) is 5.26 Å². The molecular formula is C6H9N5. The molecule has 11 heavy (non-hydrogen) atoms. The zero-order valence-electron chi connectivity index (χ0n) is 6.28. The quantitative estimate of drug-likeness (QED) is 0.357. The second-order valence-electron chi connectivity index (χ2n) is 2.15. The SMILES string of the molecule is Cn1cnnc1CCNC#N. The van der Waals surface area contributed by atoms with Crippen molar-refractivity contribution < 1.29 is 0 Å². The molecule has 1 aromatic rings. The van der Waals surface area contributed by atoms with Gasteiger partial charge in [0.25, 0.3) is 0 Å². The number of aromatic nitrogens is 3. The largest absolute Gasteiger partial charge is 0.323 e. The molecule has 0 spiro atoms. The predicted molar refractivity (Wildman–Crippen MR) is 38.3 cm³/mol. The Morgan fingerprint density at radius 2 is 2.64 bits per heavy atom. The van der Waals surface area contributed by atoms with Crippen LogP contribution >= 0.6 is 0 Å². The molecule has 1 aromatic heterocycles.